The zero-order valence-corrected chi connectivity index (χ0v) is 12.2. The Morgan fingerprint density at radius 2 is 1.95 bits per heavy atom. The van der Waals surface area contributed by atoms with Gasteiger partial charge in [0.15, 0.2) is 0 Å². The van der Waals surface area contributed by atoms with Crippen LogP contribution in [0.3, 0.4) is 0 Å². The van der Waals surface area contributed by atoms with Crippen molar-refractivity contribution in [1.82, 2.24) is 0 Å². The zero-order valence-electron chi connectivity index (χ0n) is 11.4. The number of rotatable bonds is 2. The number of benzene rings is 2. The molecule has 3 rings (SSSR count). The molecule has 0 amide bonds. The van der Waals surface area contributed by atoms with Crippen LogP contribution in [0, 0.1) is 0 Å². The van der Waals surface area contributed by atoms with Gasteiger partial charge in [-0.05, 0) is 42.0 Å². The van der Waals surface area contributed by atoms with Crippen molar-refractivity contribution in [3.05, 3.63) is 64.2 Å². The molecule has 2 aromatic carbocycles. The van der Waals surface area contributed by atoms with E-state index in [9.17, 15) is 4.79 Å². The fourth-order valence-electron chi connectivity index (χ4n) is 2.23. The van der Waals surface area contributed by atoms with E-state index >= 15 is 0 Å². The van der Waals surface area contributed by atoms with E-state index in [1.165, 1.54) is 0 Å². The first-order valence-corrected chi connectivity index (χ1v) is 6.89. The van der Waals surface area contributed by atoms with Crippen LogP contribution in [0.25, 0.3) is 6.08 Å². The molecule has 1 heterocycles. The molecule has 0 bridgehead atoms. The van der Waals surface area contributed by atoms with Crippen molar-refractivity contribution in [1.29, 1.82) is 0 Å². The van der Waals surface area contributed by atoms with Gasteiger partial charge in [0.25, 0.3) is 0 Å². The smallest absolute Gasteiger partial charge is 0.339 e. The van der Waals surface area contributed by atoms with Gasteiger partial charge in [0.2, 0.25) is 0 Å². The minimum Gasteiger partial charge on any atom is -0.497 e. The average molecular weight is 301 g/mol. The Bertz CT molecular complexity index is 717. The van der Waals surface area contributed by atoms with Crippen LogP contribution in [0.1, 0.15) is 11.1 Å². The Labute approximate surface area is 127 Å². The van der Waals surface area contributed by atoms with Crippen LogP contribution in [0.15, 0.2) is 48.0 Å². The van der Waals surface area contributed by atoms with Gasteiger partial charge in [-0.2, -0.15) is 0 Å². The topological polar surface area (TPSA) is 35.5 Å². The lowest BCUT2D eigenvalue weighted by Crippen LogP contribution is -2.19. The molecule has 0 spiro atoms. The summed E-state index contributed by atoms with van der Waals surface area (Å²) >= 11 is 5.86. The number of halogens is 1. The highest BCUT2D eigenvalue weighted by atomic mass is 35.5. The summed E-state index contributed by atoms with van der Waals surface area (Å²) in [5.41, 5.74) is 2.46. The van der Waals surface area contributed by atoms with Crippen LogP contribution >= 0.6 is 11.6 Å². The number of carbonyl (C=O) groups excluding carboxylic acids is 1. The molecule has 4 heteroatoms. The molecule has 0 saturated carbocycles. The van der Waals surface area contributed by atoms with Gasteiger partial charge in [-0.15, -0.1) is 0 Å². The molecular formula is C17H13ClO3. The molecule has 1 aliphatic heterocycles. The second kappa shape index (κ2) is 5.62. The van der Waals surface area contributed by atoms with Gasteiger partial charge < -0.3 is 9.47 Å². The maximum atomic E-state index is 12.0. The van der Waals surface area contributed by atoms with Crippen molar-refractivity contribution in [3.63, 3.8) is 0 Å². The van der Waals surface area contributed by atoms with Crippen LogP contribution < -0.4 is 9.47 Å². The minimum absolute atomic E-state index is 0.317. The lowest BCUT2D eigenvalue weighted by molar-refractivity contribution is -0.130. The van der Waals surface area contributed by atoms with E-state index in [1.807, 2.05) is 24.3 Å². The second-order valence-corrected chi connectivity index (χ2v) is 5.20. The number of methoxy groups -OCH3 is 1. The molecule has 1 aliphatic rings. The molecule has 0 aromatic heterocycles. The first-order valence-electron chi connectivity index (χ1n) is 6.51. The van der Waals surface area contributed by atoms with Gasteiger partial charge >= 0.3 is 5.97 Å². The largest absolute Gasteiger partial charge is 0.497 e. The number of hydrogen-bond donors (Lipinski definition) is 0. The monoisotopic (exact) mass is 300 g/mol. The van der Waals surface area contributed by atoms with Gasteiger partial charge in [-0.3, -0.25) is 0 Å². The molecule has 0 fully saturated rings. The predicted molar refractivity (Wildman–Crippen MR) is 81.8 cm³/mol. The second-order valence-electron chi connectivity index (χ2n) is 4.76. The van der Waals surface area contributed by atoms with Crippen molar-refractivity contribution in [2.24, 2.45) is 0 Å². The molecule has 0 unspecified atom stereocenters. The molecule has 21 heavy (non-hydrogen) atoms. The Morgan fingerprint density at radius 1 is 1.19 bits per heavy atom. The van der Waals surface area contributed by atoms with E-state index in [0.29, 0.717) is 22.8 Å². The third kappa shape index (κ3) is 2.93. The van der Waals surface area contributed by atoms with E-state index in [2.05, 4.69) is 0 Å². The maximum absolute atomic E-state index is 12.0. The summed E-state index contributed by atoms with van der Waals surface area (Å²) in [4.78, 5) is 12.0. The summed E-state index contributed by atoms with van der Waals surface area (Å²) < 4.78 is 10.6. The molecule has 2 aromatic rings. The Hall–Kier alpha value is -2.26. The van der Waals surface area contributed by atoms with Crippen LogP contribution in [0.4, 0.5) is 0 Å². The SMILES string of the molecule is COc1ccc2c(c1)C/C(=C\c1ccc(Cl)cc1)C(=O)O2. The van der Waals surface area contributed by atoms with E-state index < -0.39 is 0 Å². The number of hydrogen-bond acceptors (Lipinski definition) is 3. The molecule has 0 radical (unpaired) electrons. The van der Waals surface area contributed by atoms with E-state index in [1.54, 1.807) is 31.4 Å². The molecular weight excluding hydrogens is 288 g/mol. The van der Waals surface area contributed by atoms with Crippen molar-refractivity contribution < 1.29 is 14.3 Å². The highest BCUT2D eigenvalue weighted by molar-refractivity contribution is 6.30. The van der Waals surface area contributed by atoms with Crippen molar-refractivity contribution in [2.75, 3.05) is 7.11 Å². The standard InChI is InChI=1S/C17H13ClO3/c1-20-15-6-7-16-12(10-15)9-13(17(19)21-16)8-11-2-4-14(18)5-3-11/h2-8,10H,9H2,1H3/b13-8+. The van der Waals surface area contributed by atoms with Crippen LogP contribution in [-0.2, 0) is 11.2 Å². The summed E-state index contributed by atoms with van der Waals surface area (Å²) in [7, 11) is 1.61. The number of esters is 1. The summed E-state index contributed by atoms with van der Waals surface area (Å²) in [6, 6.07) is 12.7. The molecule has 106 valence electrons. The maximum Gasteiger partial charge on any atom is 0.339 e. The quantitative estimate of drug-likeness (QED) is 0.479. The van der Waals surface area contributed by atoms with E-state index in [4.69, 9.17) is 21.1 Å². The summed E-state index contributed by atoms with van der Waals surface area (Å²) in [6.07, 6.45) is 2.34. The van der Waals surface area contributed by atoms with Crippen LogP contribution in [-0.4, -0.2) is 13.1 Å². The number of carbonyl (C=O) groups is 1. The summed E-state index contributed by atoms with van der Waals surface area (Å²) in [6.45, 7) is 0. The third-order valence-electron chi connectivity index (χ3n) is 3.32. The van der Waals surface area contributed by atoms with Crippen molar-refractivity contribution >= 4 is 23.6 Å². The molecule has 0 saturated heterocycles. The van der Waals surface area contributed by atoms with Crippen LogP contribution in [0.2, 0.25) is 5.02 Å². The Kier molecular flexibility index (Phi) is 3.67. The fourth-order valence-corrected chi connectivity index (χ4v) is 2.36. The first kappa shape index (κ1) is 13.7. The van der Waals surface area contributed by atoms with Gasteiger partial charge in [-0.1, -0.05) is 23.7 Å². The average Bonchev–Trinajstić information content (AvgIpc) is 2.50. The fraction of sp³-hybridized carbons (Fsp3) is 0.118. The summed E-state index contributed by atoms with van der Waals surface area (Å²) in [5, 5.41) is 0.665. The normalized spacial score (nSPS) is 15.5. The van der Waals surface area contributed by atoms with Gasteiger partial charge in [0.1, 0.15) is 11.5 Å². The van der Waals surface area contributed by atoms with Crippen molar-refractivity contribution in [2.45, 2.75) is 6.42 Å². The van der Waals surface area contributed by atoms with Crippen LogP contribution in [0.5, 0.6) is 11.5 Å². The zero-order chi connectivity index (χ0) is 14.8. The van der Waals surface area contributed by atoms with Crippen molar-refractivity contribution in [3.8, 4) is 11.5 Å². The molecule has 0 N–H and O–H groups in total. The minimum atomic E-state index is -0.317. The highest BCUT2D eigenvalue weighted by Gasteiger charge is 2.22. The molecule has 0 aliphatic carbocycles. The van der Waals surface area contributed by atoms with Gasteiger partial charge in [0.05, 0.1) is 7.11 Å². The van der Waals surface area contributed by atoms with Gasteiger partial charge in [0, 0.05) is 22.6 Å². The van der Waals surface area contributed by atoms with E-state index in [0.717, 1.165) is 16.9 Å². The highest BCUT2D eigenvalue weighted by Crippen LogP contribution is 2.31. The molecule has 3 nitrogen and oxygen atoms in total. The first-order chi connectivity index (χ1) is 10.2. The number of fused-ring (bicyclic) bond motifs is 1. The lowest BCUT2D eigenvalue weighted by Gasteiger charge is -2.18. The van der Waals surface area contributed by atoms with Gasteiger partial charge in [-0.25, -0.2) is 4.79 Å². The Morgan fingerprint density at radius 3 is 2.67 bits per heavy atom. The Balaban J connectivity index is 1.93. The predicted octanol–water partition coefficient (Wildman–Crippen LogP) is 3.89. The molecule has 0 atom stereocenters. The third-order valence-corrected chi connectivity index (χ3v) is 3.58. The summed E-state index contributed by atoms with van der Waals surface area (Å²) in [5.74, 6) is 1.02. The van der Waals surface area contributed by atoms with E-state index in [-0.39, 0.29) is 5.97 Å². The lowest BCUT2D eigenvalue weighted by atomic mass is 9.99. The number of ether oxygens (including phenoxy) is 2.